The highest BCUT2D eigenvalue weighted by atomic mass is 32.2. The van der Waals surface area contributed by atoms with Crippen molar-refractivity contribution in [1.29, 1.82) is 0 Å². The number of benzene rings is 2. The van der Waals surface area contributed by atoms with Crippen molar-refractivity contribution in [2.24, 2.45) is 0 Å². The van der Waals surface area contributed by atoms with Gasteiger partial charge in [-0.15, -0.1) is 0 Å². The van der Waals surface area contributed by atoms with Crippen LogP contribution in [-0.2, 0) is 20.0 Å². The van der Waals surface area contributed by atoms with Crippen molar-refractivity contribution in [3.05, 3.63) is 42.5 Å². The molecule has 164 valence electrons. The van der Waals surface area contributed by atoms with Crippen LogP contribution in [0.5, 0.6) is 11.5 Å². The van der Waals surface area contributed by atoms with Crippen LogP contribution in [0.25, 0.3) is 0 Å². The third-order valence-electron chi connectivity index (χ3n) is 4.82. The SMILES string of the molecule is CCOc1ccc(S(=O)(=O)N2CCCCC2)cc1NS(=O)(=O)c1ccc(OC)cc1. The highest BCUT2D eigenvalue weighted by molar-refractivity contribution is 7.92. The minimum absolute atomic E-state index is 0.0232. The fraction of sp³-hybridized carbons (Fsp3) is 0.400. The summed E-state index contributed by atoms with van der Waals surface area (Å²) in [6.07, 6.45) is 2.63. The molecule has 30 heavy (non-hydrogen) atoms. The molecule has 10 heteroatoms. The zero-order chi connectivity index (χ0) is 21.8. The lowest BCUT2D eigenvalue weighted by Gasteiger charge is -2.26. The van der Waals surface area contributed by atoms with Gasteiger partial charge < -0.3 is 9.47 Å². The number of hydrogen-bond donors (Lipinski definition) is 1. The van der Waals surface area contributed by atoms with Crippen molar-refractivity contribution < 1.29 is 26.3 Å². The van der Waals surface area contributed by atoms with Gasteiger partial charge in [0.05, 0.1) is 29.2 Å². The van der Waals surface area contributed by atoms with Crippen LogP contribution < -0.4 is 14.2 Å². The van der Waals surface area contributed by atoms with E-state index in [0.717, 1.165) is 19.3 Å². The summed E-state index contributed by atoms with van der Waals surface area (Å²) in [6.45, 7) is 2.99. The summed E-state index contributed by atoms with van der Waals surface area (Å²) in [5.41, 5.74) is 0.0748. The maximum Gasteiger partial charge on any atom is 0.262 e. The first kappa shape index (κ1) is 22.4. The number of rotatable bonds is 8. The summed E-state index contributed by atoms with van der Waals surface area (Å²) >= 11 is 0. The molecule has 0 saturated carbocycles. The van der Waals surface area contributed by atoms with Gasteiger partial charge in [0, 0.05) is 13.1 Å². The van der Waals surface area contributed by atoms with E-state index in [0.29, 0.717) is 25.4 Å². The molecule has 2 aromatic rings. The number of nitrogens with zero attached hydrogens (tertiary/aromatic N) is 1. The lowest BCUT2D eigenvalue weighted by atomic mass is 10.2. The Labute approximate surface area is 177 Å². The summed E-state index contributed by atoms with van der Waals surface area (Å²) in [7, 11) is -6.19. The van der Waals surface area contributed by atoms with E-state index < -0.39 is 20.0 Å². The lowest BCUT2D eigenvalue weighted by Crippen LogP contribution is -2.35. The van der Waals surface area contributed by atoms with Crippen LogP contribution in [0.15, 0.2) is 52.3 Å². The predicted octanol–water partition coefficient (Wildman–Crippen LogP) is 3.07. The van der Waals surface area contributed by atoms with Crippen LogP contribution in [0.1, 0.15) is 26.2 Å². The molecule has 0 aliphatic carbocycles. The summed E-state index contributed by atoms with van der Waals surface area (Å²) in [6, 6.07) is 10.1. The molecule has 3 rings (SSSR count). The van der Waals surface area contributed by atoms with Gasteiger partial charge in [0.1, 0.15) is 11.5 Å². The first-order valence-corrected chi connectivity index (χ1v) is 12.6. The second-order valence-electron chi connectivity index (χ2n) is 6.84. The monoisotopic (exact) mass is 454 g/mol. The van der Waals surface area contributed by atoms with E-state index in [1.807, 2.05) is 0 Å². The smallest absolute Gasteiger partial charge is 0.262 e. The molecule has 0 aromatic heterocycles. The van der Waals surface area contributed by atoms with Gasteiger partial charge in [-0.05, 0) is 62.2 Å². The minimum atomic E-state index is -3.96. The highest BCUT2D eigenvalue weighted by Gasteiger charge is 2.27. The molecule has 1 aliphatic heterocycles. The highest BCUT2D eigenvalue weighted by Crippen LogP contribution is 2.32. The summed E-state index contributed by atoms with van der Waals surface area (Å²) in [5, 5.41) is 0. The number of piperidine rings is 1. The molecule has 1 saturated heterocycles. The molecule has 0 atom stereocenters. The van der Waals surface area contributed by atoms with E-state index in [2.05, 4.69) is 4.72 Å². The Morgan fingerprint density at radius 2 is 1.57 bits per heavy atom. The van der Waals surface area contributed by atoms with Gasteiger partial charge in [-0.3, -0.25) is 4.72 Å². The Morgan fingerprint density at radius 1 is 0.933 bits per heavy atom. The van der Waals surface area contributed by atoms with Crippen molar-refractivity contribution in [2.45, 2.75) is 36.0 Å². The Morgan fingerprint density at radius 3 is 2.17 bits per heavy atom. The van der Waals surface area contributed by atoms with Gasteiger partial charge in [-0.1, -0.05) is 6.42 Å². The van der Waals surface area contributed by atoms with Crippen LogP contribution in [0.3, 0.4) is 0 Å². The van der Waals surface area contributed by atoms with Crippen LogP contribution in [0.2, 0.25) is 0 Å². The van der Waals surface area contributed by atoms with E-state index in [9.17, 15) is 16.8 Å². The number of hydrogen-bond acceptors (Lipinski definition) is 6. The molecule has 8 nitrogen and oxygen atoms in total. The molecule has 0 bridgehead atoms. The topological polar surface area (TPSA) is 102 Å². The van der Waals surface area contributed by atoms with Gasteiger partial charge in [0.2, 0.25) is 10.0 Å². The van der Waals surface area contributed by atoms with Crippen LogP contribution in [0, 0.1) is 0 Å². The second-order valence-corrected chi connectivity index (χ2v) is 10.5. The van der Waals surface area contributed by atoms with E-state index in [1.165, 1.54) is 53.9 Å². The predicted molar refractivity (Wildman–Crippen MR) is 114 cm³/mol. The molecular weight excluding hydrogens is 428 g/mol. The van der Waals surface area contributed by atoms with E-state index in [4.69, 9.17) is 9.47 Å². The van der Waals surface area contributed by atoms with Crippen molar-refractivity contribution in [1.82, 2.24) is 4.31 Å². The molecule has 1 fully saturated rings. The van der Waals surface area contributed by atoms with Crippen LogP contribution in [0.4, 0.5) is 5.69 Å². The quantitative estimate of drug-likeness (QED) is 0.658. The van der Waals surface area contributed by atoms with Crippen LogP contribution >= 0.6 is 0 Å². The molecule has 0 radical (unpaired) electrons. The molecule has 1 N–H and O–H groups in total. The third kappa shape index (κ3) is 4.88. The van der Waals surface area contributed by atoms with Crippen molar-refractivity contribution in [3.63, 3.8) is 0 Å². The van der Waals surface area contributed by atoms with Crippen molar-refractivity contribution in [3.8, 4) is 11.5 Å². The number of ether oxygens (including phenoxy) is 2. The molecule has 2 aromatic carbocycles. The fourth-order valence-corrected chi connectivity index (χ4v) is 5.85. The van der Waals surface area contributed by atoms with Crippen molar-refractivity contribution >= 4 is 25.7 Å². The third-order valence-corrected chi connectivity index (χ3v) is 8.09. The fourth-order valence-electron chi connectivity index (χ4n) is 3.24. The Balaban J connectivity index is 1.96. The number of sulfonamides is 2. The van der Waals surface area contributed by atoms with E-state index in [1.54, 1.807) is 6.92 Å². The van der Waals surface area contributed by atoms with Crippen LogP contribution in [-0.4, -0.2) is 47.9 Å². The zero-order valence-electron chi connectivity index (χ0n) is 17.0. The number of nitrogens with one attached hydrogen (secondary N) is 1. The van der Waals surface area contributed by atoms with E-state index >= 15 is 0 Å². The average molecular weight is 455 g/mol. The summed E-state index contributed by atoms with van der Waals surface area (Å²) < 4.78 is 66.2. The summed E-state index contributed by atoms with van der Waals surface area (Å²) in [5.74, 6) is 0.783. The maximum absolute atomic E-state index is 13.0. The average Bonchev–Trinajstić information content (AvgIpc) is 2.75. The lowest BCUT2D eigenvalue weighted by molar-refractivity contribution is 0.341. The van der Waals surface area contributed by atoms with Gasteiger partial charge in [-0.25, -0.2) is 16.8 Å². The molecule has 0 spiro atoms. The maximum atomic E-state index is 13.0. The molecule has 1 heterocycles. The zero-order valence-corrected chi connectivity index (χ0v) is 18.6. The molecular formula is C20H26N2O6S2. The Kier molecular flexibility index (Phi) is 6.89. The summed E-state index contributed by atoms with van der Waals surface area (Å²) in [4.78, 5) is 0.0512. The second kappa shape index (κ2) is 9.23. The molecule has 0 unspecified atom stereocenters. The number of methoxy groups -OCH3 is 1. The normalized spacial score (nSPS) is 15.5. The standard InChI is InChI=1S/C20H26N2O6S2/c1-3-28-20-12-11-18(30(25,26)22-13-5-4-6-14-22)15-19(20)21-29(23,24)17-9-7-16(27-2)8-10-17/h7-12,15,21H,3-6,13-14H2,1-2H3. The largest absolute Gasteiger partial charge is 0.497 e. The van der Waals surface area contributed by atoms with Gasteiger partial charge in [-0.2, -0.15) is 4.31 Å². The first-order valence-electron chi connectivity index (χ1n) is 9.72. The van der Waals surface area contributed by atoms with Crippen molar-refractivity contribution in [2.75, 3.05) is 31.5 Å². The molecule has 1 aliphatic rings. The van der Waals surface area contributed by atoms with Gasteiger partial charge in [0.15, 0.2) is 0 Å². The van der Waals surface area contributed by atoms with E-state index in [-0.39, 0.29) is 21.2 Å². The van der Waals surface area contributed by atoms with Gasteiger partial charge >= 0.3 is 0 Å². The Hall–Kier alpha value is -2.30. The van der Waals surface area contributed by atoms with Gasteiger partial charge in [0.25, 0.3) is 10.0 Å². The first-order chi connectivity index (χ1) is 14.3. The minimum Gasteiger partial charge on any atom is -0.497 e. The number of anilines is 1. The molecule has 0 amide bonds. The Bertz CT molecular complexity index is 1080.